The molecule has 0 heteroatoms. The number of hydrogen-bond acceptors (Lipinski definition) is 0. The summed E-state index contributed by atoms with van der Waals surface area (Å²) in [6.45, 7) is 17.0. The molecule has 0 aromatic rings. The molecule has 19 heavy (non-hydrogen) atoms. The zero-order chi connectivity index (χ0) is 14.3. The average Bonchev–Trinajstić information content (AvgIpc) is 2.57. The molecule has 108 valence electrons. The lowest BCUT2D eigenvalue weighted by molar-refractivity contribution is 0.215. The van der Waals surface area contributed by atoms with Crippen molar-refractivity contribution in [2.75, 3.05) is 0 Å². The van der Waals surface area contributed by atoms with E-state index in [1.54, 1.807) is 22.3 Å². The van der Waals surface area contributed by atoms with Crippen LogP contribution in [0.15, 0.2) is 22.3 Å². The van der Waals surface area contributed by atoms with Crippen molar-refractivity contribution in [1.29, 1.82) is 0 Å². The molecule has 0 nitrogen and oxygen atoms in total. The first kappa shape index (κ1) is 14.9. The maximum absolute atomic E-state index is 2.51. The fraction of sp³-hybridized carbons (Fsp3) is 0.789. The van der Waals surface area contributed by atoms with Gasteiger partial charge in [0.1, 0.15) is 0 Å². The molecule has 5 unspecified atom stereocenters. The first-order valence-electron chi connectivity index (χ1n) is 8.29. The zero-order valence-electron chi connectivity index (χ0n) is 14.0. The highest BCUT2D eigenvalue weighted by Crippen LogP contribution is 2.52. The number of hydrogen-bond donors (Lipinski definition) is 0. The van der Waals surface area contributed by atoms with E-state index in [4.69, 9.17) is 0 Å². The van der Waals surface area contributed by atoms with E-state index in [0.29, 0.717) is 0 Å². The molecule has 0 spiro atoms. The van der Waals surface area contributed by atoms with Crippen molar-refractivity contribution >= 4 is 0 Å². The predicted molar refractivity (Wildman–Crippen MR) is 85.1 cm³/mol. The minimum atomic E-state index is 0.766. The molecule has 0 bridgehead atoms. The maximum Gasteiger partial charge on any atom is 0.00470 e. The van der Waals surface area contributed by atoms with Gasteiger partial charge in [-0.05, 0) is 61.5 Å². The molecule has 2 aliphatic rings. The molecular weight excluding hydrogens is 228 g/mol. The smallest absolute Gasteiger partial charge is 0.00470 e. The van der Waals surface area contributed by atoms with E-state index in [-0.39, 0.29) is 0 Å². The third kappa shape index (κ3) is 2.32. The molecule has 2 rings (SSSR count). The minimum Gasteiger partial charge on any atom is -0.0651 e. The number of allylic oxidation sites excluding steroid dienone is 4. The van der Waals surface area contributed by atoms with E-state index in [2.05, 4.69) is 48.5 Å². The fourth-order valence-corrected chi connectivity index (χ4v) is 4.52. The van der Waals surface area contributed by atoms with Gasteiger partial charge in [-0.1, -0.05) is 52.2 Å². The van der Waals surface area contributed by atoms with Crippen LogP contribution in [0.3, 0.4) is 0 Å². The lowest BCUT2D eigenvalue weighted by Gasteiger charge is -2.31. The van der Waals surface area contributed by atoms with Crippen LogP contribution < -0.4 is 0 Å². The molecule has 1 fully saturated rings. The van der Waals surface area contributed by atoms with Crippen LogP contribution in [0.2, 0.25) is 0 Å². The Morgan fingerprint density at radius 2 is 1.53 bits per heavy atom. The van der Waals surface area contributed by atoms with E-state index < -0.39 is 0 Å². The molecule has 0 aromatic heterocycles. The second kappa shape index (κ2) is 5.46. The first-order valence-corrected chi connectivity index (χ1v) is 8.29. The topological polar surface area (TPSA) is 0 Å². The standard InChI is InChI=1S/C19H32/c1-8-9-17-14(5)15(6)18-10-11(2)12(3)13(4)16(7)19(17)18/h11-13,16,19H,8-10H2,1-7H3. The second-order valence-corrected chi connectivity index (χ2v) is 7.29. The van der Waals surface area contributed by atoms with Crippen LogP contribution in [0.5, 0.6) is 0 Å². The van der Waals surface area contributed by atoms with Crippen LogP contribution in [-0.4, -0.2) is 0 Å². The molecule has 0 aliphatic heterocycles. The van der Waals surface area contributed by atoms with Gasteiger partial charge in [-0.2, -0.15) is 0 Å². The van der Waals surface area contributed by atoms with Gasteiger partial charge in [0.2, 0.25) is 0 Å². The Kier molecular flexibility index (Phi) is 4.28. The van der Waals surface area contributed by atoms with Crippen molar-refractivity contribution < 1.29 is 0 Å². The number of fused-ring (bicyclic) bond motifs is 1. The Morgan fingerprint density at radius 1 is 0.895 bits per heavy atom. The molecule has 1 saturated carbocycles. The van der Waals surface area contributed by atoms with Gasteiger partial charge in [-0.3, -0.25) is 0 Å². The molecule has 0 amide bonds. The predicted octanol–water partition coefficient (Wildman–Crippen LogP) is 6.00. The highest BCUT2D eigenvalue weighted by molar-refractivity contribution is 5.48. The summed E-state index contributed by atoms with van der Waals surface area (Å²) in [7, 11) is 0. The van der Waals surface area contributed by atoms with E-state index >= 15 is 0 Å². The van der Waals surface area contributed by atoms with Crippen LogP contribution in [0.1, 0.15) is 67.7 Å². The summed E-state index contributed by atoms with van der Waals surface area (Å²) in [5, 5.41) is 0. The Labute approximate surface area is 120 Å². The van der Waals surface area contributed by atoms with Gasteiger partial charge >= 0.3 is 0 Å². The van der Waals surface area contributed by atoms with Gasteiger partial charge < -0.3 is 0 Å². The quantitative estimate of drug-likeness (QED) is 0.571. The maximum atomic E-state index is 2.51. The van der Waals surface area contributed by atoms with Crippen LogP contribution in [0, 0.1) is 29.6 Å². The normalized spacial score (nSPS) is 39.6. The lowest BCUT2D eigenvalue weighted by Crippen LogP contribution is -2.24. The van der Waals surface area contributed by atoms with Crippen LogP contribution >= 0.6 is 0 Å². The van der Waals surface area contributed by atoms with Gasteiger partial charge in [0.25, 0.3) is 0 Å². The molecule has 0 saturated heterocycles. The van der Waals surface area contributed by atoms with E-state index in [1.807, 2.05) is 0 Å². The summed E-state index contributed by atoms with van der Waals surface area (Å²) in [5.74, 6) is 4.10. The monoisotopic (exact) mass is 260 g/mol. The van der Waals surface area contributed by atoms with Crippen molar-refractivity contribution in [2.45, 2.75) is 67.7 Å². The lowest BCUT2D eigenvalue weighted by atomic mass is 9.74. The van der Waals surface area contributed by atoms with Gasteiger partial charge in [0, 0.05) is 5.92 Å². The SMILES string of the molecule is CCCC1=C(C)C(C)=C2CC(C)C(C)C(C)C(C)C12. The van der Waals surface area contributed by atoms with E-state index in [9.17, 15) is 0 Å². The third-order valence-electron chi connectivity index (χ3n) is 6.42. The Morgan fingerprint density at radius 3 is 2.11 bits per heavy atom. The van der Waals surface area contributed by atoms with Gasteiger partial charge in [-0.15, -0.1) is 0 Å². The van der Waals surface area contributed by atoms with Crippen LogP contribution in [-0.2, 0) is 0 Å². The minimum absolute atomic E-state index is 0.766. The second-order valence-electron chi connectivity index (χ2n) is 7.29. The molecular formula is C19H32. The first-order chi connectivity index (χ1) is 8.90. The van der Waals surface area contributed by atoms with Crippen molar-refractivity contribution in [2.24, 2.45) is 29.6 Å². The zero-order valence-corrected chi connectivity index (χ0v) is 14.0. The van der Waals surface area contributed by atoms with Crippen molar-refractivity contribution in [3.63, 3.8) is 0 Å². The molecule has 2 aliphatic carbocycles. The average molecular weight is 260 g/mol. The Bertz CT molecular complexity index is 410. The summed E-state index contributed by atoms with van der Waals surface area (Å²) in [4.78, 5) is 0. The van der Waals surface area contributed by atoms with Gasteiger partial charge in [0.05, 0.1) is 0 Å². The van der Waals surface area contributed by atoms with E-state index in [0.717, 1.165) is 29.6 Å². The molecule has 5 atom stereocenters. The summed E-state index contributed by atoms with van der Waals surface area (Å²) in [5.41, 5.74) is 6.82. The molecule has 0 aromatic carbocycles. The molecule has 0 radical (unpaired) electrons. The van der Waals surface area contributed by atoms with Crippen LogP contribution in [0.4, 0.5) is 0 Å². The third-order valence-corrected chi connectivity index (χ3v) is 6.42. The Hall–Kier alpha value is -0.520. The summed E-state index contributed by atoms with van der Waals surface area (Å²) in [6, 6.07) is 0. The van der Waals surface area contributed by atoms with Crippen molar-refractivity contribution in [3.05, 3.63) is 22.3 Å². The highest BCUT2D eigenvalue weighted by Gasteiger charge is 2.41. The Balaban J connectivity index is 2.44. The highest BCUT2D eigenvalue weighted by atomic mass is 14.5. The summed E-state index contributed by atoms with van der Waals surface area (Å²) >= 11 is 0. The van der Waals surface area contributed by atoms with E-state index in [1.165, 1.54) is 19.3 Å². The molecule has 0 N–H and O–H groups in total. The van der Waals surface area contributed by atoms with Crippen molar-refractivity contribution in [3.8, 4) is 0 Å². The fourth-order valence-electron chi connectivity index (χ4n) is 4.52. The largest absolute Gasteiger partial charge is 0.0651 e. The number of rotatable bonds is 2. The van der Waals surface area contributed by atoms with Gasteiger partial charge in [0.15, 0.2) is 0 Å². The summed E-state index contributed by atoms with van der Waals surface area (Å²) < 4.78 is 0. The van der Waals surface area contributed by atoms with Crippen molar-refractivity contribution in [1.82, 2.24) is 0 Å². The van der Waals surface area contributed by atoms with Crippen LogP contribution in [0.25, 0.3) is 0 Å². The van der Waals surface area contributed by atoms with Gasteiger partial charge in [-0.25, -0.2) is 0 Å². The molecule has 0 heterocycles. The summed E-state index contributed by atoms with van der Waals surface area (Å²) in [6.07, 6.45) is 3.92.